The highest BCUT2D eigenvalue weighted by Crippen LogP contribution is 2.48. The SMILES string of the molecule is COc1ccccc1OC(=O)[C@H](C)NC(=O)CCSC(c1ccccc1)(c1ccccc1)c1ccccc1. The molecule has 194 valence electrons. The molecule has 5 nitrogen and oxygen atoms in total. The van der Waals surface area contributed by atoms with E-state index in [4.69, 9.17) is 9.47 Å². The van der Waals surface area contributed by atoms with E-state index in [1.165, 1.54) is 7.11 Å². The number of thioether (sulfide) groups is 1. The van der Waals surface area contributed by atoms with Gasteiger partial charge in [0.1, 0.15) is 6.04 Å². The molecule has 4 aromatic rings. The summed E-state index contributed by atoms with van der Waals surface area (Å²) >= 11 is 1.71. The molecule has 6 heteroatoms. The number of methoxy groups -OCH3 is 1. The smallest absolute Gasteiger partial charge is 0.333 e. The summed E-state index contributed by atoms with van der Waals surface area (Å²) < 4.78 is 10.2. The lowest BCUT2D eigenvalue weighted by atomic mass is 9.84. The van der Waals surface area contributed by atoms with Gasteiger partial charge in [0, 0.05) is 12.2 Å². The van der Waals surface area contributed by atoms with Crippen LogP contribution in [-0.2, 0) is 14.3 Å². The van der Waals surface area contributed by atoms with Crippen LogP contribution in [0.4, 0.5) is 0 Å². The minimum Gasteiger partial charge on any atom is -0.493 e. The first-order valence-corrected chi connectivity index (χ1v) is 13.5. The number of rotatable bonds is 11. The molecule has 0 aliphatic carbocycles. The van der Waals surface area contributed by atoms with Crippen LogP contribution in [0.25, 0.3) is 0 Å². The molecule has 1 amide bonds. The van der Waals surface area contributed by atoms with Crippen molar-refractivity contribution in [2.24, 2.45) is 0 Å². The van der Waals surface area contributed by atoms with Crippen LogP contribution in [-0.4, -0.2) is 30.8 Å². The fourth-order valence-electron chi connectivity index (χ4n) is 4.34. The van der Waals surface area contributed by atoms with Crippen molar-refractivity contribution >= 4 is 23.6 Å². The van der Waals surface area contributed by atoms with Gasteiger partial charge >= 0.3 is 5.97 Å². The largest absolute Gasteiger partial charge is 0.493 e. The highest BCUT2D eigenvalue weighted by Gasteiger charge is 2.36. The lowest BCUT2D eigenvalue weighted by molar-refractivity contribution is -0.138. The van der Waals surface area contributed by atoms with Crippen molar-refractivity contribution in [3.63, 3.8) is 0 Å². The van der Waals surface area contributed by atoms with E-state index in [2.05, 4.69) is 41.7 Å². The summed E-state index contributed by atoms with van der Waals surface area (Å²) in [7, 11) is 1.51. The molecule has 0 aliphatic heterocycles. The van der Waals surface area contributed by atoms with Crippen LogP contribution in [0.5, 0.6) is 11.5 Å². The maximum Gasteiger partial charge on any atom is 0.333 e. The minimum atomic E-state index is -0.806. The Morgan fingerprint density at radius 3 is 1.66 bits per heavy atom. The quantitative estimate of drug-likeness (QED) is 0.143. The van der Waals surface area contributed by atoms with Crippen molar-refractivity contribution in [1.29, 1.82) is 0 Å². The van der Waals surface area contributed by atoms with Gasteiger partial charge in [-0.05, 0) is 35.7 Å². The average molecular weight is 526 g/mol. The standard InChI is InChI=1S/C32H31NO4S/c1-24(31(35)37-29-21-13-12-20-28(29)36-2)33-30(34)22-23-38-32(25-14-6-3-7-15-25,26-16-8-4-9-17-26)27-18-10-5-11-19-27/h3-21,24H,22-23H2,1-2H3,(H,33,34)/t24-/m0/s1. The van der Waals surface area contributed by atoms with Crippen molar-refractivity contribution in [1.82, 2.24) is 5.32 Å². The van der Waals surface area contributed by atoms with Crippen molar-refractivity contribution in [2.75, 3.05) is 12.9 Å². The van der Waals surface area contributed by atoms with Gasteiger partial charge in [-0.3, -0.25) is 4.79 Å². The number of benzene rings is 4. The Hall–Kier alpha value is -4.03. The van der Waals surface area contributed by atoms with Gasteiger partial charge in [0.2, 0.25) is 5.91 Å². The van der Waals surface area contributed by atoms with E-state index in [9.17, 15) is 9.59 Å². The lowest BCUT2D eigenvalue weighted by Crippen LogP contribution is -2.41. The zero-order valence-electron chi connectivity index (χ0n) is 21.5. The second kappa shape index (κ2) is 13.0. The Kier molecular flexibility index (Phi) is 9.22. The van der Waals surface area contributed by atoms with Gasteiger partial charge in [-0.25, -0.2) is 4.79 Å². The molecule has 0 saturated carbocycles. The van der Waals surface area contributed by atoms with Crippen molar-refractivity contribution in [3.8, 4) is 11.5 Å². The summed E-state index contributed by atoms with van der Waals surface area (Å²) in [6.45, 7) is 1.62. The average Bonchev–Trinajstić information content (AvgIpc) is 2.97. The maximum absolute atomic E-state index is 12.9. The molecule has 0 radical (unpaired) electrons. The molecular formula is C32H31NO4S. The number of carbonyl (C=O) groups is 2. The molecule has 1 atom stereocenters. The Balaban J connectivity index is 1.48. The first-order valence-electron chi connectivity index (χ1n) is 12.5. The van der Waals surface area contributed by atoms with Crippen LogP contribution in [0.15, 0.2) is 115 Å². The first-order chi connectivity index (χ1) is 18.5. The molecule has 0 aliphatic rings. The van der Waals surface area contributed by atoms with Crippen molar-refractivity contribution < 1.29 is 19.1 Å². The predicted molar refractivity (Wildman–Crippen MR) is 153 cm³/mol. The lowest BCUT2D eigenvalue weighted by Gasteiger charge is -2.35. The number of carbonyl (C=O) groups excluding carboxylic acids is 2. The molecule has 4 rings (SSSR count). The Morgan fingerprint density at radius 1 is 0.737 bits per heavy atom. The van der Waals surface area contributed by atoms with Gasteiger partial charge < -0.3 is 14.8 Å². The number of esters is 1. The number of hydrogen-bond donors (Lipinski definition) is 1. The van der Waals surface area contributed by atoms with E-state index >= 15 is 0 Å². The molecule has 4 aromatic carbocycles. The predicted octanol–water partition coefficient (Wildman–Crippen LogP) is 6.22. The second-order valence-corrected chi connectivity index (χ2v) is 10.0. The van der Waals surface area contributed by atoms with Gasteiger partial charge in [-0.1, -0.05) is 103 Å². The summed E-state index contributed by atoms with van der Waals surface area (Å²) in [5.74, 6) is 0.538. The molecule has 0 unspecified atom stereocenters. The molecule has 0 bridgehead atoms. The fourth-order valence-corrected chi connectivity index (χ4v) is 5.84. The summed E-state index contributed by atoms with van der Waals surface area (Å²) in [5, 5.41) is 2.78. The Bertz CT molecular complexity index is 1230. The highest BCUT2D eigenvalue weighted by molar-refractivity contribution is 8.00. The topological polar surface area (TPSA) is 64.6 Å². The van der Waals surface area contributed by atoms with Gasteiger partial charge in [0.25, 0.3) is 0 Å². The van der Waals surface area contributed by atoms with E-state index in [0.29, 0.717) is 17.3 Å². The third kappa shape index (κ3) is 6.26. The van der Waals surface area contributed by atoms with Crippen LogP contribution in [0.3, 0.4) is 0 Å². The van der Waals surface area contributed by atoms with Gasteiger partial charge in [-0.2, -0.15) is 0 Å². The zero-order valence-corrected chi connectivity index (χ0v) is 22.3. The van der Waals surface area contributed by atoms with Crippen LogP contribution >= 0.6 is 11.8 Å². The third-order valence-electron chi connectivity index (χ3n) is 6.20. The van der Waals surface area contributed by atoms with E-state index in [1.807, 2.05) is 54.6 Å². The van der Waals surface area contributed by atoms with Gasteiger partial charge in [0.15, 0.2) is 11.5 Å². The molecule has 0 aromatic heterocycles. The number of para-hydroxylation sites is 2. The van der Waals surface area contributed by atoms with E-state index in [-0.39, 0.29) is 12.3 Å². The van der Waals surface area contributed by atoms with E-state index < -0.39 is 16.8 Å². The number of ether oxygens (including phenoxy) is 2. The minimum absolute atomic E-state index is 0.218. The molecule has 38 heavy (non-hydrogen) atoms. The molecule has 0 spiro atoms. The molecule has 0 fully saturated rings. The Labute approximate surface area is 228 Å². The van der Waals surface area contributed by atoms with Crippen LogP contribution in [0.2, 0.25) is 0 Å². The monoisotopic (exact) mass is 525 g/mol. The normalized spacial score (nSPS) is 11.8. The molecule has 1 N–H and O–H groups in total. The first kappa shape index (κ1) is 27.0. The zero-order chi connectivity index (χ0) is 26.8. The Morgan fingerprint density at radius 2 is 1.18 bits per heavy atom. The summed E-state index contributed by atoms with van der Waals surface area (Å²) in [5.41, 5.74) is 3.41. The number of amides is 1. The molecular weight excluding hydrogens is 494 g/mol. The van der Waals surface area contributed by atoms with E-state index in [1.54, 1.807) is 43.0 Å². The third-order valence-corrected chi connectivity index (χ3v) is 7.75. The second-order valence-electron chi connectivity index (χ2n) is 8.74. The van der Waals surface area contributed by atoms with Crippen molar-refractivity contribution in [2.45, 2.75) is 24.1 Å². The summed E-state index contributed by atoms with van der Waals surface area (Å²) in [6, 6.07) is 37.1. The van der Waals surface area contributed by atoms with Crippen molar-refractivity contribution in [3.05, 3.63) is 132 Å². The summed E-state index contributed by atoms with van der Waals surface area (Å²) in [4.78, 5) is 25.5. The molecule has 0 saturated heterocycles. The number of nitrogens with one attached hydrogen (secondary N) is 1. The van der Waals surface area contributed by atoms with Gasteiger partial charge in [-0.15, -0.1) is 11.8 Å². The maximum atomic E-state index is 12.9. The van der Waals surface area contributed by atoms with Crippen LogP contribution in [0.1, 0.15) is 30.0 Å². The van der Waals surface area contributed by atoms with Crippen LogP contribution < -0.4 is 14.8 Å². The van der Waals surface area contributed by atoms with Crippen LogP contribution in [0, 0.1) is 0 Å². The summed E-state index contributed by atoms with van der Waals surface area (Å²) in [6.07, 6.45) is 0.241. The van der Waals surface area contributed by atoms with Gasteiger partial charge in [0.05, 0.1) is 11.9 Å². The fraction of sp³-hybridized carbons (Fsp3) is 0.188. The highest BCUT2D eigenvalue weighted by atomic mass is 32.2. The number of hydrogen-bond acceptors (Lipinski definition) is 5. The van der Waals surface area contributed by atoms with E-state index in [0.717, 1.165) is 16.7 Å². The molecule has 0 heterocycles.